The molecule has 0 aliphatic heterocycles. The van der Waals surface area contributed by atoms with Gasteiger partial charge in [0.05, 0.1) is 5.56 Å². The van der Waals surface area contributed by atoms with Crippen LogP contribution in [-0.4, -0.2) is 25.5 Å². The Labute approximate surface area is 92.8 Å². The summed E-state index contributed by atoms with van der Waals surface area (Å²) in [6.45, 7) is 3.71. The van der Waals surface area contributed by atoms with Crippen molar-refractivity contribution in [2.24, 2.45) is 0 Å². The summed E-state index contributed by atoms with van der Waals surface area (Å²) in [5.74, 6) is -1.95. The first-order chi connectivity index (χ1) is 7.65. The molecule has 16 heavy (non-hydrogen) atoms. The minimum absolute atomic E-state index is 0.267. The molecule has 0 radical (unpaired) electrons. The fraction of sp³-hybridized carbons (Fsp3) is 0.364. The normalized spacial score (nSPS) is 10.2. The Morgan fingerprint density at radius 2 is 2.06 bits per heavy atom. The highest BCUT2D eigenvalue weighted by molar-refractivity contribution is 5.94. The summed E-state index contributed by atoms with van der Waals surface area (Å²) in [6.07, 6.45) is 0. The van der Waals surface area contributed by atoms with Crippen LogP contribution in [0.1, 0.15) is 17.3 Å². The molecule has 1 amide bonds. The molecule has 0 heterocycles. The van der Waals surface area contributed by atoms with Gasteiger partial charge in [-0.1, -0.05) is 6.92 Å². The SMILES string of the molecule is CCNCCNC(=O)c1cc(F)ccc1F. The number of likely N-dealkylation sites (N-methyl/N-ethyl adjacent to an activating group) is 1. The highest BCUT2D eigenvalue weighted by atomic mass is 19.1. The fourth-order valence-electron chi connectivity index (χ4n) is 1.21. The lowest BCUT2D eigenvalue weighted by Crippen LogP contribution is -2.32. The minimum Gasteiger partial charge on any atom is -0.351 e. The second-order valence-corrected chi connectivity index (χ2v) is 3.23. The molecule has 0 spiro atoms. The summed E-state index contributed by atoms with van der Waals surface area (Å²) in [4.78, 5) is 11.4. The van der Waals surface area contributed by atoms with Gasteiger partial charge >= 0.3 is 0 Å². The third-order valence-electron chi connectivity index (χ3n) is 2.01. The van der Waals surface area contributed by atoms with Crippen LogP contribution >= 0.6 is 0 Å². The topological polar surface area (TPSA) is 41.1 Å². The van der Waals surface area contributed by atoms with Gasteiger partial charge in [0.2, 0.25) is 0 Å². The van der Waals surface area contributed by atoms with Gasteiger partial charge in [-0.25, -0.2) is 8.78 Å². The number of benzene rings is 1. The summed E-state index contributed by atoms with van der Waals surface area (Å²) in [6, 6.07) is 2.80. The number of amides is 1. The number of rotatable bonds is 5. The molecule has 0 saturated carbocycles. The van der Waals surface area contributed by atoms with Crippen molar-refractivity contribution in [2.45, 2.75) is 6.92 Å². The molecular weight excluding hydrogens is 214 g/mol. The maximum atomic E-state index is 13.2. The molecule has 1 aromatic rings. The van der Waals surface area contributed by atoms with E-state index in [1.165, 1.54) is 0 Å². The predicted molar refractivity (Wildman–Crippen MR) is 57.2 cm³/mol. The molecule has 1 aromatic carbocycles. The van der Waals surface area contributed by atoms with Crippen LogP contribution < -0.4 is 10.6 Å². The van der Waals surface area contributed by atoms with Crippen LogP contribution in [0.4, 0.5) is 8.78 Å². The molecule has 2 N–H and O–H groups in total. The Kier molecular flexibility index (Phi) is 4.85. The first-order valence-electron chi connectivity index (χ1n) is 5.09. The van der Waals surface area contributed by atoms with E-state index in [0.29, 0.717) is 13.1 Å². The molecule has 0 bridgehead atoms. The fourth-order valence-corrected chi connectivity index (χ4v) is 1.21. The molecule has 0 saturated heterocycles. The van der Waals surface area contributed by atoms with Gasteiger partial charge in [-0.3, -0.25) is 4.79 Å². The average molecular weight is 228 g/mol. The number of hydrogen-bond acceptors (Lipinski definition) is 2. The average Bonchev–Trinajstić information content (AvgIpc) is 2.27. The minimum atomic E-state index is -0.720. The van der Waals surface area contributed by atoms with E-state index in [4.69, 9.17) is 0 Å². The van der Waals surface area contributed by atoms with Crippen LogP contribution in [0.5, 0.6) is 0 Å². The highest BCUT2D eigenvalue weighted by Crippen LogP contribution is 2.09. The van der Waals surface area contributed by atoms with E-state index in [0.717, 1.165) is 24.7 Å². The number of carbonyl (C=O) groups is 1. The van der Waals surface area contributed by atoms with Crippen LogP contribution in [0.3, 0.4) is 0 Å². The zero-order valence-electron chi connectivity index (χ0n) is 9.02. The number of carbonyl (C=O) groups excluding carboxylic acids is 1. The lowest BCUT2D eigenvalue weighted by atomic mass is 10.2. The lowest BCUT2D eigenvalue weighted by Gasteiger charge is -2.06. The molecule has 0 aromatic heterocycles. The van der Waals surface area contributed by atoms with E-state index in [2.05, 4.69) is 10.6 Å². The number of nitrogens with one attached hydrogen (secondary N) is 2. The van der Waals surface area contributed by atoms with E-state index < -0.39 is 17.5 Å². The summed E-state index contributed by atoms with van der Waals surface area (Å²) in [5.41, 5.74) is -0.267. The van der Waals surface area contributed by atoms with Crippen molar-refractivity contribution < 1.29 is 13.6 Å². The van der Waals surface area contributed by atoms with Crippen LogP contribution in [0.2, 0.25) is 0 Å². The van der Waals surface area contributed by atoms with Crippen LogP contribution in [-0.2, 0) is 0 Å². The summed E-state index contributed by atoms with van der Waals surface area (Å²) >= 11 is 0. The highest BCUT2D eigenvalue weighted by Gasteiger charge is 2.11. The van der Waals surface area contributed by atoms with Crippen molar-refractivity contribution in [1.29, 1.82) is 0 Å². The Morgan fingerprint density at radius 3 is 2.75 bits per heavy atom. The van der Waals surface area contributed by atoms with Gasteiger partial charge in [0.25, 0.3) is 5.91 Å². The van der Waals surface area contributed by atoms with Crippen molar-refractivity contribution in [3.63, 3.8) is 0 Å². The lowest BCUT2D eigenvalue weighted by molar-refractivity contribution is 0.0949. The van der Waals surface area contributed by atoms with Gasteiger partial charge in [-0.05, 0) is 24.7 Å². The van der Waals surface area contributed by atoms with Gasteiger partial charge in [0, 0.05) is 13.1 Å². The van der Waals surface area contributed by atoms with Gasteiger partial charge < -0.3 is 10.6 Å². The molecule has 88 valence electrons. The van der Waals surface area contributed by atoms with Crippen LogP contribution in [0.25, 0.3) is 0 Å². The van der Waals surface area contributed by atoms with Crippen LogP contribution in [0, 0.1) is 11.6 Å². The van der Waals surface area contributed by atoms with E-state index in [-0.39, 0.29) is 5.56 Å². The van der Waals surface area contributed by atoms with Crippen LogP contribution in [0.15, 0.2) is 18.2 Å². The van der Waals surface area contributed by atoms with Crippen molar-refractivity contribution in [3.8, 4) is 0 Å². The van der Waals surface area contributed by atoms with E-state index in [1.807, 2.05) is 6.92 Å². The largest absolute Gasteiger partial charge is 0.351 e. The number of halogens is 2. The first kappa shape index (κ1) is 12.6. The Morgan fingerprint density at radius 1 is 1.31 bits per heavy atom. The van der Waals surface area contributed by atoms with Crippen molar-refractivity contribution in [1.82, 2.24) is 10.6 Å². The van der Waals surface area contributed by atoms with E-state index >= 15 is 0 Å². The monoisotopic (exact) mass is 228 g/mol. The maximum Gasteiger partial charge on any atom is 0.254 e. The van der Waals surface area contributed by atoms with E-state index in [9.17, 15) is 13.6 Å². The Hall–Kier alpha value is -1.49. The molecular formula is C11H14F2N2O. The first-order valence-corrected chi connectivity index (χ1v) is 5.09. The summed E-state index contributed by atoms with van der Waals surface area (Å²) in [5, 5.41) is 5.49. The standard InChI is InChI=1S/C11H14F2N2O/c1-2-14-5-6-15-11(16)9-7-8(12)3-4-10(9)13/h3-4,7,14H,2,5-6H2,1H3,(H,15,16). The van der Waals surface area contributed by atoms with Gasteiger partial charge in [0.15, 0.2) is 0 Å². The van der Waals surface area contributed by atoms with Crippen molar-refractivity contribution in [2.75, 3.05) is 19.6 Å². The third-order valence-corrected chi connectivity index (χ3v) is 2.01. The zero-order chi connectivity index (χ0) is 12.0. The third kappa shape index (κ3) is 3.58. The predicted octanol–water partition coefficient (Wildman–Crippen LogP) is 1.30. The Balaban J connectivity index is 2.55. The maximum absolute atomic E-state index is 13.2. The second-order valence-electron chi connectivity index (χ2n) is 3.23. The second kappa shape index (κ2) is 6.17. The summed E-state index contributed by atoms with van der Waals surface area (Å²) < 4.78 is 25.9. The molecule has 1 rings (SSSR count). The smallest absolute Gasteiger partial charge is 0.254 e. The molecule has 0 aliphatic carbocycles. The molecule has 0 atom stereocenters. The quantitative estimate of drug-likeness (QED) is 0.746. The summed E-state index contributed by atoms with van der Waals surface area (Å²) in [7, 11) is 0. The molecule has 0 unspecified atom stereocenters. The number of hydrogen-bond donors (Lipinski definition) is 2. The van der Waals surface area contributed by atoms with Gasteiger partial charge in [-0.2, -0.15) is 0 Å². The Bertz CT molecular complexity index is 369. The van der Waals surface area contributed by atoms with Gasteiger partial charge in [0.1, 0.15) is 11.6 Å². The van der Waals surface area contributed by atoms with Crippen molar-refractivity contribution in [3.05, 3.63) is 35.4 Å². The van der Waals surface area contributed by atoms with Crippen molar-refractivity contribution >= 4 is 5.91 Å². The molecule has 3 nitrogen and oxygen atoms in total. The molecule has 5 heteroatoms. The molecule has 0 aliphatic rings. The molecule has 0 fully saturated rings. The van der Waals surface area contributed by atoms with E-state index in [1.54, 1.807) is 0 Å². The zero-order valence-corrected chi connectivity index (χ0v) is 9.02. The van der Waals surface area contributed by atoms with Gasteiger partial charge in [-0.15, -0.1) is 0 Å².